The molecule has 31 heavy (non-hydrogen) atoms. The van der Waals surface area contributed by atoms with Crippen molar-refractivity contribution in [3.63, 3.8) is 0 Å². The van der Waals surface area contributed by atoms with Crippen molar-refractivity contribution in [2.24, 2.45) is 0 Å². The zero-order chi connectivity index (χ0) is 22.3. The fourth-order valence-corrected chi connectivity index (χ4v) is 4.12. The number of aromatic nitrogens is 2. The number of H-pyrrole nitrogens is 1. The lowest BCUT2D eigenvalue weighted by molar-refractivity contribution is 0.103. The molecule has 11 heteroatoms. The Morgan fingerprint density at radius 1 is 1.06 bits per heavy atom. The van der Waals surface area contributed by atoms with Crippen molar-refractivity contribution in [1.29, 1.82) is 0 Å². The predicted molar refractivity (Wildman–Crippen MR) is 107 cm³/mol. The summed E-state index contributed by atoms with van der Waals surface area (Å²) in [6.07, 6.45) is 2.60. The van der Waals surface area contributed by atoms with Gasteiger partial charge in [-0.15, -0.1) is 0 Å². The van der Waals surface area contributed by atoms with Crippen LogP contribution >= 0.6 is 11.6 Å². The summed E-state index contributed by atoms with van der Waals surface area (Å²) in [5, 5.41) is 0.323. The Hall–Kier alpha value is -3.24. The van der Waals surface area contributed by atoms with E-state index < -0.39 is 56.2 Å². The number of halogens is 5. The first-order chi connectivity index (χ1) is 14.8. The summed E-state index contributed by atoms with van der Waals surface area (Å²) in [4.78, 5) is 19.0. The Bertz CT molecular complexity index is 1380. The maximum atomic E-state index is 15.0. The third-order valence-corrected chi connectivity index (χ3v) is 5.81. The number of pyridine rings is 1. The molecule has 4 aromatic rings. The molecule has 0 aliphatic heterocycles. The quantitative estimate of drug-likeness (QED) is 0.315. The Morgan fingerprint density at radius 3 is 2.58 bits per heavy atom. The molecule has 2 N–H and O–H groups in total. The first-order valence-corrected chi connectivity index (χ1v) is 10.1. The van der Waals surface area contributed by atoms with Crippen LogP contribution in [0.15, 0.2) is 53.7 Å². The van der Waals surface area contributed by atoms with Gasteiger partial charge in [-0.25, -0.2) is 26.8 Å². The lowest BCUT2D eigenvalue weighted by Gasteiger charge is -2.11. The van der Waals surface area contributed by atoms with E-state index in [9.17, 15) is 22.2 Å². The molecule has 0 bridgehead atoms. The van der Waals surface area contributed by atoms with Crippen LogP contribution in [0.3, 0.4) is 0 Å². The van der Waals surface area contributed by atoms with E-state index >= 15 is 4.39 Å². The van der Waals surface area contributed by atoms with Gasteiger partial charge in [0, 0.05) is 17.8 Å². The Kier molecular flexibility index (Phi) is 5.50. The van der Waals surface area contributed by atoms with E-state index in [1.54, 1.807) is 0 Å². The number of fused-ring (bicyclic) bond motifs is 1. The molecular formula is C20H10ClF4N3O2S. The molecule has 0 spiro atoms. The van der Waals surface area contributed by atoms with Crippen LogP contribution in [0, 0.1) is 23.3 Å². The number of nitrogens with zero attached hydrogens (tertiary/aromatic N) is 1. The first-order valence-electron chi connectivity index (χ1n) is 8.55. The van der Waals surface area contributed by atoms with Crippen LogP contribution in [-0.2, 0) is 11.0 Å². The molecule has 158 valence electrons. The van der Waals surface area contributed by atoms with Crippen LogP contribution in [0.2, 0.25) is 5.02 Å². The summed E-state index contributed by atoms with van der Waals surface area (Å²) in [5.41, 5.74) is -1.37. The van der Waals surface area contributed by atoms with E-state index in [1.165, 1.54) is 18.5 Å². The van der Waals surface area contributed by atoms with Gasteiger partial charge in [0.25, 0.3) is 0 Å². The molecule has 0 radical (unpaired) electrons. The zero-order valence-electron chi connectivity index (χ0n) is 15.2. The fraction of sp³-hybridized carbons (Fsp3) is 0. The average molecular weight is 468 g/mol. The molecular weight excluding hydrogens is 458 g/mol. The number of anilines is 1. The Balaban J connectivity index is 1.75. The van der Waals surface area contributed by atoms with Crippen molar-refractivity contribution in [3.8, 4) is 0 Å². The van der Waals surface area contributed by atoms with Gasteiger partial charge >= 0.3 is 0 Å². The van der Waals surface area contributed by atoms with E-state index in [4.69, 9.17) is 11.6 Å². The molecule has 2 aromatic carbocycles. The highest BCUT2D eigenvalue weighted by atomic mass is 35.5. The summed E-state index contributed by atoms with van der Waals surface area (Å²) in [7, 11) is -2.43. The molecule has 4 rings (SSSR count). The number of carbonyl (C=O) groups is 1. The standard InChI is InChI=1S/C20H10ClF4N3O2S/c21-11-5-6-26-20-16(11)10(8-27-20)19(29)17-13(24)3-4-14(18(17)25)28-31(30)15-7-9(22)1-2-12(15)23/h1-8,28H,(H,26,27). The number of hydrogen-bond donors (Lipinski definition) is 2. The number of aromatic amines is 1. The van der Waals surface area contributed by atoms with Gasteiger partial charge in [0.2, 0.25) is 5.78 Å². The van der Waals surface area contributed by atoms with E-state index in [2.05, 4.69) is 14.7 Å². The minimum atomic E-state index is -2.43. The lowest BCUT2D eigenvalue weighted by atomic mass is 10.0. The normalized spacial score (nSPS) is 12.2. The van der Waals surface area contributed by atoms with E-state index in [-0.39, 0.29) is 21.6 Å². The second-order valence-electron chi connectivity index (χ2n) is 6.28. The summed E-state index contributed by atoms with van der Waals surface area (Å²) in [6, 6.07) is 5.34. The van der Waals surface area contributed by atoms with Crippen LogP contribution < -0.4 is 4.72 Å². The molecule has 0 saturated carbocycles. The van der Waals surface area contributed by atoms with Gasteiger partial charge in [-0.2, -0.15) is 0 Å². The monoisotopic (exact) mass is 467 g/mol. The van der Waals surface area contributed by atoms with Gasteiger partial charge in [0.05, 0.1) is 26.7 Å². The van der Waals surface area contributed by atoms with Crippen LogP contribution in [0.5, 0.6) is 0 Å². The van der Waals surface area contributed by atoms with E-state index in [1.807, 2.05) is 0 Å². The smallest absolute Gasteiger partial charge is 0.201 e. The number of ketones is 1. The second-order valence-corrected chi connectivity index (χ2v) is 7.87. The summed E-state index contributed by atoms with van der Waals surface area (Å²) in [5.74, 6) is -5.42. The van der Waals surface area contributed by atoms with Crippen LogP contribution in [0.4, 0.5) is 23.2 Å². The summed E-state index contributed by atoms with van der Waals surface area (Å²) in [6.45, 7) is 0. The largest absolute Gasteiger partial charge is 0.345 e. The lowest BCUT2D eigenvalue weighted by Crippen LogP contribution is -2.13. The molecule has 0 aliphatic carbocycles. The van der Waals surface area contributed by atoms with Gasteiger partial charge in [0.1, 0.15) is 23.1 Å². The SMILES string of the molecule is O=C(c1c(F)ccc(NS(=O)c2cc(F)ccc2F)c1F)c1c[nH]c2nccc(Cl)c12. The van der Waals surface area contributed by atoms with Gasteiger partial charge in [-0.3, -0.25) is 9.52 Å². The molecule has 1 unspecified atom stereocenters. The van der Waals surface area contributed by atoms with Crippen LogP contribution in [0.1, 0.15) is 15.9 Å². The third-order valence-electron chi connectivity index (χ3n) is 4.38. The Morgan fingerprint density at radius 2 is 1.81 bits per heavy atom. The molecule has 0 aliphatic rings. The van der Waals surface area contributed by atoms with E-state index in [0.29, 0.717) is 6.07 Å². The fourth-order valence-electron chi connectivity index (χ4n) is 2.94. The maximum absolute atomic E-state index is 15.0. The summed E-state index contributed by atoms with van der Waals surface area (Å²) < 4.78 is 71.2. The first kappa shape index (κ1) is 21.0. The topological polar surface area (TPSA) is 74.8 Å². The van der Waals surface area contributed by atoms with Gasteiger partial charge in [-0.05, 0) is 36.4 Å². The molecule has 0 fully saturated rings. The Labute approximate surface area is 179 Å². The van der Waals surface area contributed by atoms with Gasteiger partial charge < -0.3 is 4.98 Å². The van der Waals surface area contributed by atoms with Crippen LogP contribution in [-0.4, -0.2) is 20.0 Å². The average Bonchev–Trinajstić information content (AvgIpc) is 3.17. The van der Waals surface area contributed by atoms with Crippen molar-refractivity contribution in [1.82, 2.24) is 9.97 Å². The van der Waals surface area contributed by atoms with Gasteiger partial charge in [0.15, 0.2) is 16.8 Å². The minimum Gasteiger partial charge on any atom is -0.345 e. The van der Waals surface area contributed by atoms with E-state index in [0.717, 1.165) is 24.3 Å². The predicted octanol–water partition coefficient (Wildman–Crippen LogP) is 5.14. The third kappa shape index (κ3) is 3.79. The number of benzene rings is 2. The number of rotatable bonds is 5. The number of nitrogens with one attached hydrogen (secondary N) is 2. The highest BCUT2D eigenvalue weighted by molar-refractivity contribution is 7.86. The number of hydrogen-bond acceptors (Lipinski definition) is 3. The maximum Gasteiger partial charge on any atom is 0.201 e. The minimum absolute atomic E-state index is 0.125. The molecule has 0 amide bonds. The van der Waals surface area contributed by atoms with Crippen molar-refractivity contribution in [2.45, 2.75) is 4.90 Å². The molecule has 1 atom stereocenters. The molecule has 2 aromatic heterocycles. The second kappa shape index (κ2) is 8.12. The van der Waals surface area contributed by atoms with Crippen molar-refractivity contribution in [2.75, 3.05) is 4.72 Å². The highest BCUT2D eigenvalue weighted by Gasteiger charge is 2.26. The van der Waals surface area contributed by atoms with Crippen LogP contribution in [0.25, 0.3) is 11.0 Å². The van der Waals surface area contributed by atoms with Crippen molar-refractivity contribution in [3.05, 3.63) is 88.2 Å². The van der Waals surface area contributed by atoms with Crippen molar-refractivity contribution < 1.29 is 26.6 Å². The molecule has 0 saturated heterocycles. The van der Waals surface area contributed by atoms with Gasteiger partial charge in [-0.1, -0.05) is 11.6 Å². The molecule has 5 nitrogen and oxygen atoms in total. The number of carbonyl (C=O) groups excluding carboxylic acids is 1. The van der Waals surface area contributed by atoms with Crippen molar-refractivity contribution >= 4 is 45.1 Å². The highest BCUT2D eigenvalue weighted by Crippen LogP contribution is 2.30. The summed E-state index contributed by atoms with van der Waals surface area (Å²) >= 11 is 6.09. The zero-order valence-corrected chi connectivity index (χ0v) is 16.8. The molecule has 2 heterocycles.